The lowest BCUT2D eigenvalue weighted by molar-refractivity contribution is -0.120. The Bertz CT molecular complexity index is 1580. The number of fused-ring (bicyclic) bond motifs is 4. The summed E-state index contributed by atoms with van der Waals surface area (Å²) in [5.41, 5.74) is 4.46. The highest BCUT2D eigenvalue weighted by Crippen LogP contribution is 2.45. The monoisotopic (exact) mass is 550 g/mol. The summed E-state index contributed by atoms with van der Waals surface area (Å²) in [5, 5.41) is 3.98. The second kappa shape index (κ2) is 11.6. The number of carbonyl (C=O) groups excluding carboxylic acids is 3. The zero-order valence-corrected chi connectivity index (χ0v) is 23.1. The van der Waals surface area contributed by atoms with E-state index in [1.165, 1.54) is 4.90 Å². The molecule has 6 rings (SSSR count). The lowest BCUT2D eigenvalue weighted by Crippen LogP contribution is -2.44. The number of urea groups is 1. The lowest BCUT2D eigenvalue weighted by Gasteiger charge is -2.36. The van der Waals surface area contributed by atoms with Gasteiger partial charge >= 0.3 is 6.03 Å². The minimum absolute atomic E-state index is 0.293. The molecule has 1 aromatic heterocycles. The number of para-hydroxylation sites is 2. The van der Waals surface area contributed by atoms with Gasteiger partial charge in [0.1, 0.15) is 12.1 Å². The molecule has 1 fully saturated rings. The van der Waals surface area contributed by atoms with Crippen molar-refractivity contribution in [2.24, 2.45) is 0 Å². The van der Waals surface area contributed by atoms with Crippen LogP contribution in [0.15, 0.2) is 78.9 Å². The van der Waals surface area contributed by atoms with Gasteiger partial charge in [-0.2, -0.15) is 0 Å². The van der Waals surface area contributed by atoms with Crippen LogP contribution < -0.4 is 10.2 Å². The Labute approximate surface area is 239 Å². The highest BCUT2D eigenvalue weighted by molar-refractivity contribution is 6.24. The van der Waals surface area contributed by atoms with Gasteiger partial charge in [-0.25, -0.2) is 9.69 Å². The molecule has 8 heteroatoms. The summed E-state index contributed by atoms with van der Waals surface area (Å²) in [5.74, 6) is -0.646. The molecule has 2 atom stereocenters. The Morgan fingerprint density at radius 2 is 1.68 bits per heavy atom. The van der Waals surface area contributed by atoms with Gasteiger partial charge in [-0.1, -0.05) is 74.0 Å². The zero-order valence-electron chi connectivity index (χ0n) is 23.1. The van der Waals surface area contributed by atoms with E-state index in [2.05, 4.69) is 23.3 Å². The molecular formula is C33H34N4O4. The van der Waals surface area contributed by atoms with Crippen LogP contribution in [0.4, 0.5) is 10.5 Å². The molecular weight excluding hydrogens is 516 g/mol. The number of aromatic nitrogens is 1. The van der Waals surface area contributed by atoms with Crippen LogP contribution in [0.1, 0.15) is 59.4 Å². The van der Waals surface area contributed by atoms with Gasteiger partial charge in [0.25, 0.3) is 11.8 Å². The van der Waals surface area contributed by atoms with Gasteiger partial charge < -0.3 is 15.0 Å². The summed E-state index contributed by atoms with van der Waals surface area (Å²) in [7, 11) is 0. The third-order valence-corrected chi connectivity index (χ3v) is 7.95. The standard InChI is InChI=1S/C33H34N4O4/c1-2-3-19-41-20-11-18-34-31(38)24-15-8-10-17-27(24)37-32(39)28-21-25-23-14-7-9-16-26(23)35-29(25)30(36(28)33(37)40)22-12-5-4-6-13-22/h4-10,12-17,28,30,35H,2-3,11,18-21H2,1H3,(H,34,38)/t28-,30?/m0/s1. The van der Waals surface area contributed by atoms with Crippen molar-refractivity contribution in [2.75, 3.05) is 24.7 Å². The van der Waals surface area contributed by atoms with Crippen LogP contribution in [0.25, 0.3) is 10.9 Å². The van der Waals surface area contributed by atoms with Crippen LogP contribution in [0.2, 0.25) is 0 Å². The van der Waals surface area contributed by atoms with Gasteiger partial charge in [0.15, 0.2) is 0 Å². The molecule has 1 saturated heterocycles. The number of hydrogen-bond acceptors (Lipinski definition) is 4. The van der Waals surface area contributed by atoms with Gasteiger partial charge in [-0.05, 0) is 42.2 Å². The van der Waals surface area contributed by atoms with E-state index in [1.807, 2.05) is 48.5 Å². The van der Waals surface area contributed by atoms with Gasteiger partial charge in [-0.3, -0.25) is 14.5 Å². The third kappa shape index (κ3) is 4.89. The van der Waals surface area contributed by atoms with E-state index in [0.717, 1.165) is 40.6 Å². The van der Waals surface area contributed by atoms with Crippen molar-refractivity contribution in [3.8, 4) is 0 Å². The summed E-state index contributed by atoms with van der Waals surface area (Å²) in [6, 6.07) is 23.1. The molecule has 0 radical (unpaired) electrons. The average Bonchev–Trinajstić information content (AvgIpc) is 3.50. The number of aromatic amines is 1. The Morgan fingerprint density at radius 1 is 0.951 bits per heavy atom. The molecule has 41 heavy (non-hydrogen) atoms. The molecule has 0 bridgehead atoms. The predicted octanol–water partition coefficient (Wildman–Crippen LogP) is 5.59. The Kier molecular flexibility index (Phi) is 7.57. The first-order valence-corrected chi connectivity index (χ1v) is 14.4. The van der Waals surface area contributed by atoms with Crippen LogP contribution in [0.5, 0.6) is 0 Å². The van der Waals surface area contributed by atoms with Crippen LogP contribution in [-0.2, 0) is 16.0 Å². The number of imide groups is 1. The molecule has 0 saturated carbocycles. The molecule has 0 aliphatic carbocycles. The van der Waals surface area contributed by atoms with Gasteiger partial charge in [0, 0.05) is 42.8 Å². The average molecular weight is 551 g/mol. The fourth-order valence-corrected chi connectivity index (χ4v) is 5.96. The van der Waals surface area contributed by atoms with E-state index in [1.54, 1.807) is 29.2 Å². The van der Waals surface area contributed by atoms with Crippen molar-refractivity contribution >= 4 is 34.4 Å². The number of unbranched alkanes of at least 4 members (excludes halogenated alkanes) is 1. The number of amides is 4. The maximum atomic E-state index is 14.2. The number of ether oxygens (including phenoxy) is 1. The van der Waals surface area contributed by atoms with E-state index in [-0.39, 0.29) is 11.8 Å². The van der Waals surface area contributed by atoms with Gasteiger partial charge in [0.2, 0.25) is 0 Å². The first-order valence-electron chi connectivity index (χ1n) is 14.4. The fourth-order valence-electron chi connectivity index (χ4n) is 5.96. The molecule has 1 unspecified atom stereocenters. The van der Waals surface area contributed by atoms with Crippen LogP contribution in [0, 0.1) is 0 Å². The van der Waals surface area contributed by atoms with Crippen LogP contribution in [-0.4, -0.2) is 53.5 Å². The van der Waals surface area contributed by atoms with Crippen molar-refractivity contribution in [2.45, 2.75) is 44.7 Å². The highest BCUT2D eigenvalue weighted by atomic mass is 16.5. The molecule has 3 heterocycles. The van der Waals surface area contributed by atoms with Gasteiger partial charge in [-0.15, -0.1) is 0 Å². The van der Waals surface area contributed by atoms with Crippen molar-refractivity contribution in [1.29, 1.82) is 0 Å². The zero-order chi connectivity index (χ0) is 28.3. The van der Waals surface area contributed by atoms with Crippen LogP contribution in [0.3, 0.4) is 0 Å². The topological polar surface area (TPSA) is 94.7 Å². The second-order valence-corrected chi connectivity index (χ2v) is 10.6. The number of hydrogen-bond donors (Lipinski definition) is 2. The molecule has 210 valence electrons. The second-order valence-electron chi connectivity index (χ2n) is 10.6. The van der Waals surface area contributed by atoms with E-state index >= 15 is 0 Å². The predicted molar refractivity (Wildman–Crippen MR) is 158 cm³/mol. The van der Waals surface area contributed by atoms with Crippen molar-refractivity contribution in [1.82, 2.24) is 15.2 Å². The first kappa shape index (κ1) is 26.8. The van der Waals surface area contributed by atoms with Crippen LogP contribution >= 0.6 is 0 Å². The van der Waals surface area contributed by atoms with Crippen molar-refractivity contribution < 1.29 is 19.1 Å². The van der Waals surface area contributed by atoms with Gasteiger partial charge in [0.05, 0.1) is 11.3 Å². The summed E-state index contributed by atoms with van der Waals surface area (Å²) in [4.78, 5) is 47.9. The number of nitrogens with zero attached hydrogens (tertiary/aromatic N) is 2. The summed E-state index contributed by atoms with van der Waals surface area (Å²) in [6.07, 6.45) is 3.17. The molecule has 2 N–H and O–H groups in total. The Hall–Kier alpha value is -4.43. The summed E-state index contributed by atoms with van der Waals surface area (Å²) < 4.78 is 5.59. The summed E-state index contributed by atoms with van der Waals surface area (Å²) in [6.45, 7) is 3.84. The minimum atomic E-state index is -0.684. The van der Waals surface area contributed by atoms with E-state index in [9.17, 15) is 14.4 Å². The van der Waals surface area contributed by atoms with E-state index in [0.29, 0.717) is 43.9 Å². The molecule has 4 aromatic rings. The van der Waals surface area contributed by atoms with Crippen molar-refractivity contribution in [3.63, 3.8) is 0 Å². The number of rotatable bonds is 10. The van der Waals surface area contributed by atoms with Crippen molar-refractivity contribution in [3.05, 3.63) is 101 Å². The quantitative estimate of drug-likeness (QED) is 0.199. The largest absolute Gasteiger partial charge is 0.381 e. The molecule has 2 aliphatic rings. The molecule has 4 amide bonds. The normalized spacial score (nSPS) is 18.1. The lowest BCUT2D eigenvalue weighted by atomic mass is 9.89. The van der Waals surface area contributed by atoms with E-state index in [4.69, 9.17) is 4.74 Å². The molecule has 2 aliphatic heterocycles. The number of H-pyrrole nitrogens is 1. The Balaban J connectivity index is 1.30. The maximum Gasteiger partial charge on any atom is 0.332 e. The fraction of sp³-hybridized carbons (Fsp3) is 0.303. The number of nitrogens with one attached hydrogen (secondary N) is 2. The minimum Gasteiger partial charge on any atom is -0.381 e. The smallest absolute Gasteiger partial charge is 0.332 e. The maximum absolute atomic E-state index is 14.2. The first-order chi connectivity index (χ1) is 20.1. The third-order valence-electron chi connectivity index (χ3n) is 7.95. The highest BCUT2D eigenvalue weighted by Gasteiger charge is 2.53. The number of benzene rings is 3. The molecule has 0 spiro atoms. The Morgan fingerprint density at radius 3 is 2.51 bits per heavy atom. The molecule has 8 nitrogen and oxygen atoms in total. The number of carbonyl (C=O) groups is 3. The SMILES string of the molecule is CCCCOCCCNC(=O)c1ccccc1N1C(=O)[C@@H]2Cc3c([nH]c4ccccc34)C(c3ccccc3)N2C1=O. The number of anilines is 1. The van der Waals surface area contributed by atoms with E-state index < -0.39 is 18.1 Å². The summed E-state index contributed by atoms with van der Waals surface area (Å²) >= 11 is 0. The molecule has 3 aromatic carbocycles.